The fourth-order valence-corrected chi connectivity index (χ4v) is 1.42. The highest BCUT2D eigenvalue weighted by Gasteiger charge is 2.05. The molecule has 0 saturated carbocycles. The van der Waals surface area contributed by atoms with Crippen LogP contribution in [-0.2, 0) is 4.79 Å². The predicted octanol–water partition coefficient (Wildman–Crippen LogP) is 1.69. The summed E-state index contributed by atoms with van der Waals surface area (Å²) in [7, 11) is 0. The zero-order chi connectivity index (χ0) is 13.5. The summed E-state index contributed by atoms with van der Waals surface area (Å²) in [5.74, 6) is 0.807. The Morgan fingerprint density at radius 2 is 2.22 bits per heavy atom. The number of carbonyl (C=O) groups is 1. The lowest BCUT2D eigenvalue weighted by atomic mass is 10.2. The standard InChI is InChI=1S/C13H22N4O/c1-4-9(2)16-13(18)7-8-15-12-6-5-11(14)10(3)17-12/h5-6,9H,4,7-8,14H2,1-3H3,(H,15,17)(H,16,18). The van der Waals surface area contributed by atoms with Gasteiger partial charge in [-0.1, -0.05) is 6.92 Å². The van der Waals surface area contributed by atoms with Crippen molar-refractivity contribution < 1.29 is 4.79 Å². The summed E-state index contributed by atoms with van der Waals surface area (Å²) in [5, 5.41) is 6.02. The Morgan fingerprint density at radius 1 is 1.50 bits per heavy atom. The highest BCUT2D eigenvalue weighted by Crippen LogP contribution is 2.11. The number of anilines is 2. The van der Waals surface area contributed by atoms with Gasteiger partial charge in [0.15, 0.2) is 0 Å². The smallest absolute Gasteiger partial charge is 0.221 e. The molecule has 1 aromatic heterocycles. The van der Waals surface area contributed by atoms with E-state index in [9.17, 15) is 4.79 Å². The highest BCUT2D eigenvalue weighted by atomic mass is 16.1. The zero-order valence-electron chi connectivity index (χ0n) is 11.3. The van der Waals surface area contributed by atoms with Gasteiger partial charge in [-0.2, -0.15) is 0 Å². The van der Waals surface area contributed by atoms with Gasteiger partial charge in [-0.3, -0.25) is 4.79 Å². The number of pyridine rings is 1. The third-order valence-corrected chi connectivity index (χ3v) is 2.80. The van der Waals surface area contributed by atoms with Crippen LogP contribution in [0.3, 0.4) is 0 Å². The van der Waals surface area contributed by atoms with E-state index in [4.69, 9.17) is 5.73 Å². The number of aryl methyl sites for hydroxylation is 1. The molecule has 0 saturated heterocycles. The number of amides is 1. The van der Waals surface area contributed by atoms with E-state index < -0.39 is 0 Å². The van der Waals surface area contributed by atoms with E-state index in [0.717, 1.165) is 17.9 Å². The lowest BCUT2D eigenvalue weighted by Crippen LogP contribution is -2.33. The molecule has 5 heteroatoms. The lowest BCUT2D eigenvalue weighted by Gasteiger charge is -2.12. The molecule has 1 rings (SSSR count). The topological polar surface area (TPSA) is 80.0 Å². The van der Waals surface area contributed by atoms with Crippen molar-refractivity contribution in [2.24, 2.45) is 0 Å². The van der Waals surface area contributed by atoms with Crippen molar-refractivity contribution in [3.05, 3.63) is 17.8 Å². The molecule has 0 fully saturated rings. The van der Waals surface area contributed by atoms with Crippen molar-refractivity contribution in [3.8, 4) is 0 Å². The molecule has 4 N–H and O–H groups in total. The Bertz CT molecular complexity index is 406. The second-order valence-corrected chi connectivity index (χ2v) is 4.42. The van der Waals surface area contributed by atoms with E-state index in [-0.39, 0.29) is 11.9 Å². The summed E-state index contributed by atoms with van der Waals surface area (Å²) >= 11 is 0. The summed E-state index contributed by atoms with van der Waals surface area (Å²) in [6.07, 6.45) is 1.38. The predicted molar refractivity (Wildman–Crippen MR) is 74.4 cm³/mol. The molecule has 0 aliphatic carbocycles. The van der Waals surface area contributed by atoms with Gasteiger partial charge < -0.3 is 16.4 Å². The maximum atomic E-state index is 11.5. The Morgan fingerprint density at radius 3 is 2.83 bits per heavy atom. The van der Waals surface area contributed by atoms with Crippen LogP contribution < -0.4 is 16.4 Å². The Kier molecular flexibility index (Phi) is 5.42. The Labute approximate surface area is 108 Å². The fraction of sp³-hybridized carbons (Fsp3) is 0.538. The van der Waals surface area contributed by atoms with E-state index in [1.54, 1.807) is 0 Å². The first kappa shape index (κ1) is 14.3. The monoisotopic (exact) mass is 250 g/mol. The van der Waals surface area contributed by atoms with Crippen LogP contribution in [0.25, 0.3) is 0 Å². The molecular weight excluding hydrogens is 228 g/mol. The van der Waals surface area contributed by atoms with Crippen molar-refractivity contribution in [2.75, 3.05) is 17.6 Å². The van der Waals surface area contributed by atoms with Crippen LogP contribution in [0, 0.1) is 6.92 Å². The number of hydrogen-bond acceptors (Lipinski definition) is 4. The fourth-order valence-electron chi connectivity index (χ4n) is 1.42. The zero-order valence-corrected chi connectivity index (χ0v) is 11.3. The number of nitrogen functional groups attached to an aromatic ring is 1. The van der Waals surface area contributed by atoms with Crippen LogP contribution in [0.15, 0.2) is 12.1 Å². The number of nitrogens with two attached hydrogens (primary N) is 1. The molecule has 0 spiro atoms. The highest BCUT2D eigenvalue weighted by molar-refractivity contribution is 5.76. The van der Waals surface area contributed by atoms with Crippen molar-refractivity contribution in [2.45, 2.75) is 39.7 Å². The van der Waals surface area contributed by atoms with Gasteiger partial charge >= 0.3 is 0 Å². The third-order valence-electron chi connectivity index (χ3n) is 2.80. The quantitative estimate of drug-likeness (QED) is 0.717. The molecule has 1 atom stereocenters. The molecule has 1 aromatic rings. The molecular formula is C13H22N4O. The first-order chi connectivity index (χ1) is 8.52. The van der Waals surface area contributed by atoms with Crippen LogP contribution >= 0.6 is 0 Å². The summed E-state index contributed by atoms with van der Waals surface area (Å²) in [6.45, 7) is 6.47. The average Bonchev–Trinajstić information content (AvgIpc) is 2.33. The molecule has 5 nitrogen and oxygen atoms in total. The number of hydrogen-bond donors (Lipinski definition) is 3. The van der Waals surface area contributed by atoms with Crippen molar-refractivity contribution in [1.82, 2.24) is 10.3 Å². The first-order valence-corrected chi connectivity index (χ1v) is 6.29. The van der Waals surface area contributed by atoms with Crippen LogP contribution in [0.1, 0.15) is 32.4 Å². The molecule has 0 aliphatic heterocycles. The van der Waals surface area contributed by atoms with Crippen LogP contribution in [0.4, 0.5) is 11.5 Å². The van der Waals surface area contributed by atoms with E-state index >= 15 is 0 Å². The van der Waals surface area contributed by atoms with Crippen molar-refractivity contribution in [3.63, 3.8) is 0 Å². The molecule has 0 aromatic carbocycles. The van der Waals surface area contributed by atoms with Gasteiger partial charge in [-0.15, -0.1) is 0 Å². The SMILES string of the molecule is CCC(C)NC(=O)CCNc1ccc(N)c(C)n1. The van der Waals surface area contributed by atoms with Crippen LogP contribution in [-0.4, -0.2) is 23.5 Å². The largest absolute Gasteiger partial charge is 0.397 e. The van der Waals surface area contributed by atoms with Gasteiger partial charge in [0.2, 0.25) is 5.91 Å². The Balaban J connectivity index is 2.33. The van der Waals surface area contributed by atoms with E-state index in [1.807, 2.05) is 32.9 Å². The molecule has 0 aliphatic rings. The van der Waals surface area contributed by atoms with Gasteiger partial charge in [-0.25, -0.2) is 4.98 Å². The molecule has 18 heavy (non-hydrogen) atoms. The average molecular weight is 250 g/mol. The van der Waals surface area contributed by atoms with E-state index in [1.165, 1.54) is 0 Å². The lowest BCUT2D eigenvalue weighted by molar-refractivity contribution is -0.121. The van der Waals surface area contributed by atoms with Gasteiger partial charge in [-0.05, 0) is 32.4 Å². The second kappa shape index (κ2) is 6.83. The normalized spacial score (nSPS) is 11.9. The maximum Gasteiger partial charge on any atom is 0.221 e. The molecule has 0 bridgehead atoms. The van der Waals surface area contributed by atoms with Crippen molar-refractivity contribution in [1.29, 1.82) is 0 Å². The first-order valence-electron chi connectivity index (χ1n) is 6.29. The molecule has 1 heterocycles. The molecule has 1 unspecified atom stereocenters. The minimum Gasteiger partial charge on any atom is -0.397 e. The number of nitrogens with one attached hydrogen (secondary N) is 2. The van der Waals surface area contributed by atoms with Crippen LogP contribution in [0.2, 0.25) is 0 Å². The van der Waals surface area contributed by atoms with Gasteiger partial charge in [0.05, 0.1) is 11.4 Å². The van der Waals surface area contributed by atoms with E-state index in [2.05, 4.69) is 15.6 Å². The number of nitrogens with zero attached hydrogens (tertiary/aromatic N) is 1. The van der Waals surface area contributed by atoms with E-state index in [0.29, 0.717) is 18.7 Å². The van der Waals surface area contributed by atoms with Gasteiger partial charge in [0.1, 0.15) is 5.82 Å². The summed E-state index contributed by atoms with van der Waals surface area (Å²) in [6, 6.07) is 3.85. The maximum absolute atomic E-state index is 11.5. The second-order valence-electron chi connectivity index (χ2n) is 4.42. The summed E-state index contributed by atoms with van der Waals surface area (Å²) in [4.78, 5) is 15.8. The third kappa shape index (κ3) is 4.61. The number of carbonyl (C=O) groups excluding carboxylic acids is 1. The Hall–Kier alpha value is -1.78. The minimum absolute atomic E-state index is 0.0593. The summed E-state index contributed by atoms with van der Waals surface area (Å²) < 4.78 is 0. The molecule has 0 radical (unpaired) electrons. The van der Waals surface area contributed by atoms with Gasteiger partial charge in [0, 0.05) is 19.0 Å². The van der Waals surface area contributed by atoms with Crippen LogP contribution in [0.5, 0.6) is 0 Å². The minimum atomic E-state index is 0.0593. The number of aromatic nitrogens is 1. The number of rotatable bonds is 6. The van der Waals surface area contributed by atoms with Gasteiger partial charge in [0.25, 0.3) is 0 Å². The summed E-state index contributed by atoms with van der Waals surface area (Å²) in [5.41, 5.74) is 7.15. The molecule has 100 valence electrons. The van der Waals surface area contributed by atoms with Crippen molar-refractivity contribution >= 4 is 17.4 Å². The molecule has 1 amide bonds.